The van der Waals surface area contributed by atoms with E-state index in [4.69, 9.17) is 15.0 Å². The zero-order valence-corrected chi connectivity index (χ0v) is 37.4. The van der Waals surface area contributed by atoms with E-state index in [2.05, 4.69) is 247 Å². The van der Waals surface area contributed by atoms with Gasteiger partial charge in [0.2, 0.25) is 0 Å². The van der Waals surface area contributed by atoms with Crippen LogP contribution in [0.4, 0.5) is 0 Å². The maximum atomic E-state index is 5.45. The summed E-state index contributed by atoms with van der Waals surface area (Å²) in [5.74, 6) is 1.85. The van der Waals surface area contributed by atoms with Gasteiger partial charge in [0.1, 0.15) is 0 Å². The van der Waals surface area contributed by atoms with Crippen molar-refractivity contribution < 1.29 is 0 Å². The number of fused-ring (bicyclic) bond motifs is 9. The minimum Gasteiger partial charge on any atom is -0.308 e. The molecule has 0 radical (unpaired) electrons. The molecule has 0 fully saturated rings. The van der Waals surface area contributed by atoms with Crippen LogP contribution in [0, 0.1) is 0 Å². The van der Waals surface area contributed by atoms with Crippen molar-refractivity contribution in [3.8, 4) is 62.1 Å². The van der Waals surface area contributed by atoms with Crippen LogP contribution in [0.25, 0.3) is 138 Å². The summed E-state index contributed by atoms with van der Waals surface area (Å²) in [6.07, 6.45) is 0. The van der Waals surface area contributed by atoms with Gasteiger partial charge in [0.25, 0.3) is 0 Å². The predicted octanol–water partition coefficient (Wildman–Crippen LogP) is 17.1. The summed E-state index contributed by atoms with van der Waals surface area (Å²) < 4.78 is 2.52. The summed E-state index contributed by atoms with van der Waals surface area (Å²) >= 11 is 0. The van der Waals surface area contributed by atoms with E-state index in [0.29, 0.717) is 17.5 Å². The standard InChI is InChI=1S/C65H40N4/c1-2-15-41(16-3-1)47-24-14-25-50(35-47)56-40-57(65-67-63(51-31-29-42-17-4-6-20-45(42)36-51)66-64(68-65)52-32-30-43-18-5-7-21-46(43)37-52)54-27-12-13-28-55(54)62(56)69-59-34-33-44-19-10-11-26-53(44)61(59)58-38-48-22-8-9-23-49(48)39-60(58)69/h1-40H. The summed E-state index contributed by atoms with van der Waals surface area (Å²) in [4.78, 5) is 16.2. The Morgan fingerprint density at radius 3 is 1.43 bits per heavy atom. The molecular formula is C65H40N4. The topological polar surface area (TPSA) is 43.6 Å². The highest BCUT2D eigenvalue weighted by Crippen LogP contribution is 2.46. The summed E-state index contributed by atoms with van der Waals surface area (Å²) in [6, 6.07) is 87.4. The number of hydrogen-bond donors (Lipinski definition) is 0. The summed E-state index contributed by atoms with van der Waals surface area (Å²) in [6.45, 7) is 0. The first-order chi connectivity index (χ1) is 34.2. The van der Waals surface area contributed by atoms with E-state index in [1.807, 2.05) is 0 Å². The van der Waals surface area contributed by atoms with Crippen LogP contribution >= 0.6 is 0 Å². The Labute approximate surface area is 398 Å². The lowest BCUT2D eigenvalue weighted by Gasteiger charge is -2.20. The summed E-state index contributed by atoms with van der Waals surface area (Å²) in [5.41, 5.74) is 10.7. The third kappa shape index (κ3) is 6.49. The normalized spacial score (nSPS) is 11.8. The van der Waals surface area contributed by atoms with Crippen molar-refractivity contribution in [2.45, 2.75) is 0 Å². The lowest BCUT2D eigenvalue weighted by Crippen LogP contribution is -2.03. The van der Waals surface area contributed by atoms with Gasteiger partial charge in [0, 0.05) is 38.4 Å². The number of rotatable bonds is 6. The number of hydrogen-bond acceptors (Lipinski definition) is 3. The highest BCUT2D eigenvalue weighted by atomic mass is 15.0. The molecule has 0 spiro atoms. The molecule has 2 aromatic heterocycles. The lowest BCUT2D eigenvalue weighted by atomic mass is 9.91. The van der Waals surface area contributed by atoms with Crippen LogP contribution in [-0.4, -0.2) is 19.5 Å². The van der Waals surface area contributed by atoms with Gasteiger partial charge >= 0.3 is 0 Å². The predicted molar refractivity (Wildman–Crippen MR) is 289 cm³/mol. The van der Waals surface area contributed by atoms with Gasteiger partial charge in [-0.25, -0.2) is 15.0 Å². The molecule has 14 rings (SSSR count). The molecule has 12 aromatic carbocycles. The van der Waals surface area contributed by atoms with E-state index in [9.17, 15) is 0 Å². The largest absolute Gasteiger partial charge is 0.308 e. The van der Waals surface area contributed by atoms with Crippen LogP contribution in [0.5, 0.6) is 0 Å². The molecule has 320 valence electrons. The second-order valence-corrected chi connectivity index (χ2v) is 18.0. The van der Waals surface area contributed by atoms with E-state index in [1.165, 1.54) is 43.1 Å². The highest BCUT2D eigenvalue weighted by molar-refractivity contribution is 6.24. The van der Waals surface area contributed by atoms with Crippen molar-refractivity contribution in [2.24, 2.45) is 0 Å². The quantitative estimate of drug-likeness (QED) is 0.167. The van der Waals surface area contributed by atoms with E-state index >= 15 is 0 Å². The highest BCUT2D eigenvalue weighted by Gasteiger charge is 2.24. The van der Waals surface area contributed by atoms with Gasteiger partial charge in [-0.05, 0) is 108 Å². The average Bonchev–Trinajstić information content (AvgIpc) is 3.74. The first kappa shape index (κ1) is 39.0. The molecule has 0 bridgehead atoms. The van der Waals surface area contributed by atoms with Gasteiger partial charge in [0.05, 0.1) is 16.7 Å². The van der Waals surface area contributed by atoms with Crippen LogP contribution in [0.15, 0.2) is 243 Å². The fraction of sp³-hybridized carbons (Fsp3) is 0. The molecule has 4 heteroatoms. The molecule has 0 aliphatic carbocycles. The smallest absolute Gasteiger partial charge is 0.164 e. The third-order valence-electron chi connectivity index (χ3n) is 13.9. The van der Waals surface area contributed by atoms with Crippen molar-refractivity contribution in [2.75, 3.05) is 0 Å². The third-order valence-corrected chi connectivity index (χ3v) is 13.9. The summed E-state index contributed by atoms with van der Waals surface area (Å²) in [5, 5.41) is 14.0. The van der Waals surface area contributed by atoms with E-state index in [0.717, 1.165) is 77.2 Å². The van der Waals surface area contributed by atoms with Crippen molar-refractivity contribution in [3.63, 3.8) is 0 Å². The molecule has 2 heterocycles. The van der Waals surface area contributed by atoms with Crippen LogP contribution in [0.2, 0.25) is 0 Å². The Morgan fingerprint density at radius 1 is 0.246 bits per heavy atom. The molecule has 4 nitrogen and oxygen atoms in total. The van der Waals surface area contributed by atoms with Crippen LogP contribution < -0.4 is 0 Å². The minimum absolute atomic E-state index is 0.610. The zero-order valence-electron chi connectivity index (χ0n) is 37.4. The molecule has 0 N–H and O–H groups in total. The van der Waals surface area contributed by atoms with Crippen molar-refractivity contribution >= 4 is 75.7 Å². The van der Waals surface area contributed by atoms with E-state index in [-0.39, 0.29) is 0 Å². The monoisotopic (exact) mass is 876 g/mol. The molecule has 0 atom stereocenters. The SMILES string of the molecule is c1ccc(-c2cccc(-c3cc(-c4nc(-c5ccc6ccccc6c5)nc(-c5ccc6ccccc6c5)n4)c4ccccc4c3-n3c4cc5ccccc5cc4c4c5ccccc5ccc43)c2)cc1. The van der Waals surface area contributed by atoms with Crippen molar-refractivity contribution in [1.82, 2.24) is 19.5 Å². The number of benzene rings is 12. The Morgan fingerprint density at radius 2 is 0.754 bits per heavy atom. The van der Waals surface area contributed by atoms with Crippen LogP contribution in [-0.2, 0) is 0 Å². The molecule has 0 unspecified atom stereocenters. The van der Waals surface area contributed by atoms with Gasteiger partial charge in [-0.1, -0.05) is 200 Å². The molecule has 69 heavy (non-hydrogen) atoms. The van der Waals surface area contributed by atoms with Gasteiger partial charge in [0.15, 0.2) is 17.5 Å². The van der Waals surface area contributed by atoms with Gasteiger partial charge in [-0.2, -0.15) is 0 Å². The van der Waals surface area contributed by atoms with Gasteiger partial charge < -0.3 is 4.57 Å². The first-order valence-corrected chi connectivity index (χ1v) is 23.5. The van der Waals surface area contributed by atoms with E-state index < -0.39 is 0 Å². The molecular weight excluding hydrogens is 837 g/mol. The van der Waals surface area contributed by atoms with E-state index in [1.54, 1.807) is 0 Å². The Bertz CT molecular complexity index is 4280. The zero-order chi connectivity index (χ0) is 45.4. The average molecular weight is 877 g/mol. The van der Waals surface area contributed by atoms with Crippen LogP contribution in [0.1, 0.15) is 0 Å². The summed E-state index contributed by atoms with van der Waals surface area (Å²) in [7, 11) is 0. The molecule has 0 saturated heterocycles. The molecule has 0 amide bonds. The second kappa shape index (κ2) is 15.7. The Hall–Kier alpha value is -9.25. The molecule has 0 saturated carbocycles. The van der Waals surface area contributed by atoms with Crippen LogP contribution in [0.3, 0.4) is 0 Å². The molecule has 0 aliphatic heterocycles. The fourth-order valence-electron chi connectivity index (χ4n) is 10.6. The number of aromatic nitrogens is 4. The van der Waals surface area contributed by atoms with Gasteiger partial charge in [-0.15, -0.1) is 0 Å². The molecule has 0 aliphatic rings. The number of nitrogens with zero attached hydrogens (tertiary/aromatic N) is 4. The van der Waals surface area contributed by atoms with Crippen molar-refractivity contribution in [1.29, 1.82) is 0 Å². The maximum Gasteiger partial charge on any atom is 0.164 e. The second-order valence-electron chi connectivity index (χ2n) is 18.0. The maximum absolute atomic E-state index is 5.45. The fourth-order valence-corrected chi connectivity index (χ4v) is 10.6. The lowest BCUT2D eigenvalue weighted by molar-refractivity contribution is 1.08. The minimum atomic E-state index is 0.610. The Kier molecular flexibility index (Phi) is 8.86. The Balaban J connectivity index is 1.11. The molecule has 14 aromatic rings. The van der Waals surface area contributed by atoms with Gasteiger partial charge in [-0.3, -0.25) is 0 Å². The first-order valence-electron chi connectivity index (χ1n) is 23.5. The van der Waals surface area contributed by atoms with Crippen molar-refractivity contribution in [3.05, 3.63) is 243 Å².